The van der Waals surface area contributed by atoms with Gasteiger partial charge in [-0.15, -0.1) is 0 Å². The summed E-state index contributed by atoms with van der Waals surface area (Å²) in [6.07, 6.45) is 2.62. The van der Waals surface area contributed by atoms with E-state index in [1.54, 1.807) is 17.0 Å². The molecule has 1 atom stereocenters. The highest BCUT2D eigenvalue weighted by Gasteiger charge is 2.45. The maximum Gasteiger partial charge on any atom is 0.264 e. The molecule has 0 radical (unpaired) electrons. The van der Waals surface area contributed by atoms with Crippen LogP contribution in [-0.4, -0.2) is 134 Å². The van der Waals surface area contributed by atoms with E-state index in [-0.39, 0.29) is 116 Å². The molecule has 6 amide bonds. The number of imide groups is 2. The summed E-state index contributed by atoms with van der Waals surface area (Å²) < 4.78 is 48.6. The number of rotatable bonds is 18. The molecule has 63 heavy (non-hydrogen) atoms. The maximum absolute atomic E-state index is 16.3. The van der Waals surface area contributed by atoms with Crippen LogP contribution in [0.25, 0.3) is 22.0 Å². The van der Waals surface area contributed by atoms with Gasteiger partial charge >= 0.3 is 0 Å². The number of piperidine rings is 1. The zero-order chi connectivity index (χ0) is 44.6. The van der Waals surface area contributed by atoms with Gasteiger partial charge in [-0.25, -0.2) is 18.7 Å². The van der Waals surface area contributed by atoms with Crippen molar-refractivity contribution in [1.29, 1.82) is 0 Å². The second-order valence-corrected chi connectivity index (χ2v) is 15.0. The molecule has 2 fully saturated rings. The fourth-order valence-electron chi connectivity index (χ4n) is 7.58. The number of nitrogens with one attached hydrogen (secondary N) is 3. The molecule has 2 saturated heterocycles. The van der Waals surface area contributed by atoms with E-state index in [4.69, 9.17) is 25.8 Å². The van der Waals surface area contributed by atoms with E-state index >= 15 is 8.78 Å². The molecule has 20 heteroatoms. The first-order chi connectivity index (χ1) is 30.5. The van der Waals surface area contributed by atoms with E-state index in [0.717, 1.165) is 4.90 Å². The highest BCUT2D eigenvalue weighted by Crippen LogP contribution is 2.42. The van der Waals surface area contributed by atoms with Crippen LogP contribution in [0, 0.1) is 11.6 Å². The zero-order valence-corrected chi connectivity index (χ0v) is 34.7. The fraction of sp³-hybridized carbons (Fsp3) is 0.349. The minimum atomic E-state index is -1.08. The number of ether oxygens (including phenoxy) is 3. The van der Waals surface area contributed by atoms with Gasteiger partial charge in [0.05, 0.1) is 48.1 Å². The molecule has 3 aliphatic rings. The number of anilines is 2. The second-order valence-electron chi connectivity index (χ2n) is 14.5. The average Bonchev–Trinajstić information content (AvgIpc) is 3.53. The Balaban J connectivity index is 0.821. The van der Waals surface area contributed by atoms with E-state index in [9.17, 15) is 28.8 Å². The molecule has 4 aromatic rings. The summed E-state index contributed by atoms with van der Waals surface area (Å²) >= 11 is 6.65. The van der Waals surface area contributed by atoms with Crippen LogP contribution >= 0.6 is 11.6 Å². The second kappa shape index (κ2) is 20.1. The molecule has 0 spiro atoms. The topological polar surface area (TPSA) is 202 Å². The lowest BCUT2D eigenvalue weighted by Gasteiger charge is -2.35. The van der Waals surface area contributed by atoms with Crippen LogP contribution in [0.4, 0.5) is 20.3 Å². The van der Waals surface area contributed by atoms with Gasteiger partial charge in [-0.3, -0.25) is 39.0 Å². The minimum absolute atomic E-state index is 0.0132. The Morgan fingerprint density at radius 2 is 1.65 bits per heavy atom. The molecule has 330 valence electrons. The van der Waals surface area contributed by atoms with E-state index in [1.165, 1.54) is 42.7 Å². The summed E-state index contributed by atoms with van der Waals surface area (Å²) in [6.45, 7) is 6.22. The van der Waals surface area contributed by atoms with E-state index in [2.05, 4.69) is 32.5 Å². The van der Waals surface area contributed by atoms with E-state index in [0.29, 0.717) is 43.1 Å². The number of fused-ring (bicyclic) bond motifs is 2. The van der Waals surface area contributed by atoms with Crippen molar-refractivity contribution in [2.75, 3.05) is 82.5 Å². The third-order valence-corrected chi connectivity index (χ3v) is 11.0. The number of nitrogens with zero attached hydrogens (tertiary/aromatic N) is 5. The van der Waals surface area contributed by atoms with Crippen LogP contribution in [0.2, 0.25) is 5.02 Å². The van der Waals surface area contributed by atoms with Crippen molar-refractivity contribution in [3.8, 4) is 16.9 Å². The Labute approximate surface area is 364 Å². The Bertz CT molecular complexity index is 2470. The van der Waals surface area contributed by atoms with Crippen molar-refractivity contribution in [2.45, 2.75) is 25.3 Å². The first kappa shape index (κ1) is 44.5. The van der Waals surface area contributed by atoms with Gasteiger partial charge in [-0.2, -0.15) is 0 Å². The van der Waals surface area contributed by atoms with Gasteiger partial charge in [0.1, 0.15) is 41.9 Å². The third kappa shape index (κ3) is 9.74. The molecule has 7 rings (SSSR count). The van der Waals surface area contributed by atoms with Crippen molar-refractivity contribution >= 4 is 69.5 Å². The van der Waals surface area contributed by atoms with Crippen LogP contribution in [0.5, 0.6) is 5.75 Å². The van der Waals surface area contributed by atoms with Gasteiger partial charge in [0.15, 0.2) is 5.82 Å². The standard InChI is InChI=1S/C43H43ClF2N8O9/c1-2-34(57)52-14-16-53(17-15-52)40-26-23-27(44)36(38(46)39(26)49-24-50-40)37-28(45)6-4-8-31(37)63-22-21-62-20-19-61-18-11-32(55)48-13-12-47-29-7-3-5-25-35(29)43(60)54(42(25)59)30-9-10-33(56)51-41(30)58/h2-8,23-24,30,47H,1,9-22H2,(H,48,55)(H,51,56,58). The normalized spacial score (nSPS) is 16.3. The number of carbonyl (C=O) groups is 6. The van der Waals surface area contributed by atoms with Gasteiger partial charge in [0.25, 0.3) is 11.8 Å². The van der Waals surface area contributed by atoms with Crippen molar-refractivity contribution in [1.82, 2.24) is 30.4 Å². The quantitative estimate of drug-likeness (QED) is 0.0746. The summed E-state index contributed by atoms with van der Waals surface area (Å²) in [5.74, 6) is -3.97. The van der Waals surface area contributed by atoms with Crippen molar-refractivity contribution in [2.24, 2.45) is 0 Å². The molecule has 3 N–H and O–H groups in total. The SMILES string of the molecule is C=CC(=O)N1CCN(c2ncnc3c(F)c(-c4c(F)cccc4OCCOCCOCCC(=O)NCCNc4cccc5c4C(=O)N(C4CCC(=O)NC4=O)C5=O)c(Cl)cc23)CC1. The highest BCUT2D eigenvalue weighted by atomic mass is 35.5. The molecule has 4 heterocycles. The summed E-state index contributed by atoms with van der Waals surface area (Å²) in [7, 11) is 0. The zero-order valence-electron chi connectivity index (χ0n) is 33.9. The molecule has 1 unspecified atom stereocenters. The molecular formula is C43H43ClF2N8O9. The maximum atomic E-state index is 16.3. The lowest BCUT2D eigenvalue weighted by molar-refractivity contribution is -0.136. The number of carbonyl (C=O) groups excluding carboxylic acids is 6. The van der Waals surface area contributed by atoms with Crippen molar-refractivity contribution in [3.63, 3.8) is 0 Å². The van der Waals surface area contributed by atoms with Crippen LogP contribution in [0.15, 0.2) is 61.4 Å². The Kier molecular flexibility index (Phi) is 14.2. The number of halogens is 3. The fourth-order valence-corrected chi connectivity index (χ4v) is 7.87. The Morgan fingerprint density at radius 3 is 2.41 bits per heavy atom. The van der Waals surface area contributed by atoms with Crippen LogP contribution in [0.3, 0.4) is 0 Å². The third-order valence-electron chi connectivity index (χ3n) is 10.7. The summed E-state index contributed by atoms with van der Waals surface area (Å²) in [5.41, 5.74) is 0.197. The number of benzene rings is 3. The van der Waals surface area contributed by atoms with E-state index in [1.807, 2.05) is 4.90 Å². The van der Waals surface area contributed by atoms with Gasteiger partial charge < -0.3 is 34.6 Å². The summed E-state index contributed by atoms with van der Waals surface area (Å²) in [4.78, 5) is 87.6. The molecule has 0 bridgehead atoms. The monoisotopic (exact) mass is 888 g/mol. The average molecular weight is 889 g/mol. The Hall–Kier alpha value is -6.57. The highest BCUT2D eigenvalue weighted by molar-refractivity contribution is 6.34. The smallest absolute Gasteiger partial charge is 0.264 e. The van der Waals surface area contributed by atoms with Crippen LogP contribution in [-0.2, 0) is 28.7 Å². The molecular weight excluding hydrogens is 846 g/mol. The first-order valence-corrected chi connectivity index (χ1v) is 20.6. The lowest BCUT2D eigenvalue weighted by Crippen LogP contribution is -2.54. The van der Waals surface area contributed by atoms with Crippen LogP contribution < -0.4 is 25.6 Å². The summed E-state index contributed by atoms with van der Waals surface area (Å²) in [6, 6.07) is 9.24. The van der Waals surface area contributed by atoms with Crippen LogP contribution in [0.1, 0.15) is 40.0 Å². The van der Waals surface area contributed by atoms with Gasteiger partial charge in [0, 0.05) is 68.7 Å². The van der Waals surface area contributed by atoms with Gasteiger partial charge in [0.2, 0.25) is 23.6 Å². The predicted molar refractivity (Wildman–Crippen MR) is 225 cm³/mol. The Morgan fingerprint density at radius 1 is 0.905 bits per heavy atom. The number of hydrogen-bond donors (Lipinski definition) is 3. The van der Waals surface area contributed by atoms with Crippen molar-refractivity contribution in [3.05, 3.63) is 89.2 Å². The predicted octanol–water partition coefficient (Wildman–Crippen LogP) is 3.49. The molecule has 0 aliphatic carbocycles. The first-order valence-electron chi connectivity index (χ1n) is 20.2. The number of aromatic nitrogens is 2. The number of amides is 6. The largest absolute Gasteiger partial charge is 0.490 e. The number of hydrogen-bond acceptors (Lipinski definition) is 13. The summed E-state index contributed by atoms with van der Waals surface area (Å²) in [5, 5.41) is 8.25. The lowest BCUT2D eigenvalue weighted by atomic mass is 10.0. The molecule has 3 aromatic carbocycles. The molecule has 1 aromatic heterocycles. The van der Waals surface area contributed by atoms with E-state index < -0.39 is 41.3 Å². The molecule has 3 aliphatic heterocycles. The minimum Gasteiger partial charge on any atom is -0.490 e. The molecule has 0 saturated carbocycles. The number of piperazine rings is 1. The van der Waals surface area contributed by atoms with Crippen molar-refractivity contribution < 1.29 is 51.8 Å². The van der Waals surface area contributed by atoms with Gasteiger partial charge in [-0.05, 0) is 42.8 Å². The molecule has 17 nitrogen and oxygen atoms in total. The van der Waals surface area contributed by atoms with Gasteiger partial charge in [-0.1, -0.05) is 30.3 Å².